The fraction of sp³-hybridized carbons (Fsp3) is 0. The smallest absolute Gasteiger partial charge is 2.00 e. The molecule has 0 saturated heterocycles. The van der Waals surface area contributed by atoms with Gasteiger partial charge in [-0.25, -0.2) is 0 Å². The Morgan fingerprint density at radius 3 is 1.36 bits per heavy atom. The maximum atomic E-state index is 3.11. The number of allylic oxidation sites excluding steroid dienone is 4. The Labute approximate surface area is 97.4 Å². The topological polar surface area (TPSA) is 0 Å². The Hall–Kier alpha value is 0.843. The summed E-state index contributed by atoms with van der Waals surface area (Å²) < 4.78 is 0. The third kappa shape index (κ3) is 7.21. The fourth-order valence-electron chi connectivity index (χ4n) is 0.481. The van der Waals surface area contributed by atoms with Crippen molar-refractivity contribution in [3.05, 3.63) is 43.8 Å². The van der Waals surface area contributed by atoms with E-state index >= 15 is 0 Å². The van der Waals surface area contributed by atoms with Crippen molar-refractivity contribution in [2.75, 3.05) is 0 Å². The molecule has 0 fully saturated rings. The molecule has 2 atom stereocenters. The molecule has 3 heteroatoms. The van der Waals surface area contributed by atoms with Gasteiger partial charge in [-0.05, 0) is 0 Å². The molecule has 0 N–H and O–H groups in total. The van der Waals surface area contributed by atoms with Crippen LogP contribution in [0.5, 0.6) is 0 Å². The maximum Gasteiger partial charge on any atom is 2.00 e. The summed E-state index contributed by atoms with van der Waals surface area (Å²) in [7, 11) is 0. The number of hydrogen-bond acceptors (Lipinski definition) is 0. The average molecular weight is 278 g/mol. The van der Waals surface area contributed by atoms with Gasteiger partial charge in [0.1, 0.15) is 0 Å². The van der Waals surface area contributed by atoms with E-state index in [2.05, 4.69) is 31.6 Å². The molecule has 2 aliphatic heterocycles. The second-order valence-corrected chi connectivity index (χ2v) is 5.45. The minimum absolute atomic E-state index is 0. The Kier molecular flexibility index (Phi) is 9.62. The molecule has 0 amide bonds. The third-order valence-corrected chi connectivity index (χ3v) is 3.79. The van der Waals surface area contributed by atoms with Gasteiger partial charge in [-0.3, -0.25) is 0 Å². The summed E-state index contributed by atoms with van der Waals surface area (Å²) in [5.74, 6) is 0. The SMILES string of the molecule is [C-]1=CC=C[AsH]1.[C-]1=CC=C[AsH]1.[Mg+2]. The number of hydrogen-bond donors (Lipinski definition) is 0. The Morgan fingerprint density at radius 2 is 1.27 bits per heavy atom. The van der Waals surface area contributed by atoms with Gasteiger partial charge in [0.2, 0.25) is 0 Å². The van der Waals surface area contributed by atoms with E-state index in [-0.39, 0.29) is 54.6 Å². The molecule has 52 valence electrons. The van der Waals surface area contributed by atoms with E-state index in [1.165, 1.54) is 0 Å². The van der Waals surface area contributed by atoms with Crippen molar-refractivity contribution in [3.8, 4) is 0 Å². The van der Waals surface area contributed by atoms with Crippen LogP contribution in [0.2, 0.25) is 0 Å². The zero-order chi connectivity index (χ0) is 7.07. The van der Waals surface area contributed by atoms with Crippen molar-refractivity contribution in [1.29, 1.82) is 0 Å². The monoisotopic (exact) mass is 278 g/mol. The van der Waals surface area contributed by atoms with E-state index in [1.54, 1.807) is 0 Å². The molecular weight excluding hydrogens is 270 g/mol. The third-order valence-electron chi connectivity index (χ3n) is 0.885. The molecule has 2 aliphatic rings. The van der Waals surface area contributed by atoms with Crippen LogP contribution in [0.25, 0.3) is 0 Å². The summed E-state index contributed by atoms with van der Waals surface area (Å²) >= 11 is 0.306. The van der Waals surface area contributed by atoms with Crippen LogP contribution in [-0.2, 0) is 0 Å². The molecule has 11 heavy (non-hydrogen) atoms. The average Bonchev–Trinajstić information content (AvgIpc) is 2.67. The van der Waals surface area contributed by atoms with Crippen LogP contribution in [0.1, 0.15) is 0 Å². The Bertz CT molecular complexity index is 150. The molecule has 0 aromatic rings. The maximum absolute atomic E-state index is 3.11. The quantitative estimate of drug-likeness (QED) is 0.437. The molecule has 2 heterocycles. The van der Waals surface area contributed by atoms with Crippen molar-refractivity contribution < 1.29 is 0 Å². The number of rotatable bonds is 0. The normalized spacial score (nSPS) is 20.4. The van der Waals surface area contributed by atoms with Gasteiger partial charge in [0.15, 0.2) is 0 Å². The summed E-state index contributed by atoms with van der Waals surface area (Å²) in [5.41, 5.74) is 0. The largest absolute Gasteiger partial charge is 2.00 e. The second kappa shape index (κ2) is 8.94. The van der Waals surface area contributed by atoms with Crippen LogP contribution in [0.3, 0.4) is 0 Å². The van der Waals surface area contributed by atoms with Crippen molar-refractivity contribution >= 4 is 54.6 Å². The first-order chi connectivity index (χ1) is 5.00. The van der Waals surface area contributed by atoms with Crippen LogP contribution in [0, 0.1) is 9.73 Å². The predicted molar refractivity (Wildman–Crippen MR) is 54.0 cm³/mol. The van der Waals surface area contributed by atoms with Crippen LogP contribution in [-0.4, -0.2) is 54.6 Å². The molecule has 0 radical (unpaired) electrons. The first kappa shape index (κ1) is 11.8. The van der Waals surface area contributed by atoms with E-state index in [1.807, 2.05) is 12.2 Å². The molecule has 0 saturated carbocycles. The van der Waals surface area contributed by atoms with Crippen molar-refractivity contribution in [1.82, 2.24) is 0 Å². The molecular formula is C8H8As2Mg. The zero-order valence-corrected chi connectivity index (χ0v) is 11.8. The minimum Gasteiger partial charge on any atom is 2.00 e. The molecule has 0 spiro atoms. The molecule has 0 aliphatic carbocycles. The van der Waals surface area contributed by atoms with Crippen molar-refractivity contribution in [3.63, 3.8) is 0 Å². The van der Waals surface area contributed by atoms with Crippen LogP contribution in [0.15, 0.2) is 34.0 Å². The van der Waals surface area contributed by atoms with Crippen LogP contribution < -0.4 is 0 Å². The zero-order valence-electron chi connectivity index (χ0n) is 6.17. The fourth-order valence-corrected chi connectivity index (χ4v) is 2.50. The van der Waals surface area contributed by atoms with Gasteiger partial charge in [-0.1, -0.05) is 0 Å². The molecule has 2 unspecified atom stereocenters. The van der Waals surface area contributed by atoms with E-state index in [9.17, 15) is 0 Å². The first-order valence-corrected chi connectivity index (χ1v) is 7.51. The van der Waals surface area contributed by atoms with E-state index < -0.39 is 0 Å². The van der Waals surface area contributed by atoms with Gasteiger partial charge in [-0.15, -0.1) is 0 Å². The summed E-state index contributed by atoms with van der Waals surface area (Å²) in [6.07, 6.45) is 8.08. The van der Waals surface area contributed by atoms with E-state index in [0.717, 1.165) is 0 Å². The van der Waals surface area contributed by atoms with E-state index in [0.29, 0.717) is 0 Å². The molecule has 0 bridgehead atoms. The summed E-state index contributed by atoms with van der Waals surface area (Å²) in [6.45, 7) is 0. The van der Waals surface area contributed by atoms with Gasteiger partial charge in [-0.2, -0.15) is 0 Å². The van der Waals surface area contributed by atoms with Crippen molar-refractivity contribution in [2.45, 2.75) is 0 Å². The molecule has 0 nitrogen and oxygen atoms in total. The van der Waals surface area contributed by atoms with Crippen LogP contribution >= 0.6 is 0 Å². The van der Waals surface area contributed by atoms with Crippen LogP contribution in [0.4, 0.5) is 0 Å². The van der Waals surface area contributed by atoms with Gasteiger partial charge in [0, 0.05) is 0 Å². The van der Waals surface area contributed by atoms with Gasteiger partial charge in [0.25, 0.3) is 0 Å². The summed E-state index contributed by atoms with van der Waals surface area (Å²) in [4.78, 5) is 10.6. The molecule has 0 aromatic heterocycles. The van der Waals surface area contributed by atoms with Crippen molar-refractivity contribution in [2.24, 2.45) is 0 Å². The van der Waals surface area contributed by atoms with Gasteiger partial charge >= 0.3 is 98.3 Å². The Balaban J connectivity index is 0.000000167. The second-order valence-electron chi connectivity index (χ2n) is 1.63. The van der Waals surface area contributed by atoms with E-state index in [4.69, 9.17) is 0 Å². The first-order valence-electron chi connectivity index (χ1n) is 2.99. The summed E-state index contributed by atoms with van der Waals surface area (Å²) in [6, 6.07) is 0. The summed E-state index contributed by atoms with van der Waals surface area (Å²) in [5, 5.41) is 0. The minimum atomic E-state index is 0. The molecule has 2 rings (SSSR count). The van der Waals surface area contributed by atoms with Gasteiger partial charge in [0.05, 0.1) is 0 Å². The standard InChI is InChI=1S/2C4H4As.Mg/c2*1-2-4-5-3-1;/h2*1-3,5H;/q2*-1;+2. The predicted octanol–water partition coefficient (Wildman–Crippen LogP) is 0.153. The Morgan fingerprint density at radius 1 is 0.818 bits per heavy atom. The van der Waals surface area contributed by atoms with Gasteiger partial charge < -0.3 is 0 Å². The molecule has 0 aromatic carbocycles.